The molecule has 154 valence electrons. The molecule has 1 saturated carbocycles. The molecule has 0 radical (unpaired) electrons. The molecule has 1 aromatic carbocycles. The van der Waals surface area contributed by atoms with Crippen LogP contribution in [0.4, 0.5) is 4.39 Å². The second kappa shape index (κ2) is 13.1. The molecule has 1 fully saturated rings. The van der Waals surface area contributed by atoms with Crippen molar-refractivity contribution in [2.45, 2.75) is 38.9 Å². The van der Waals surface area contributed by atoms with Crippen molar-refractivity contribution in [1.29, 1.82) is 0 Å². The predicted octanol–water partition coefficient (Wildman–Crippen LogP) is 2.55. The molecule has 2 rings (SSSR count). The topological polar surface area (TPSA) is 75.1 Å². The summed E-state index contributed by atoms with van der Waals surface area (Å²) in [5.41, 5.74) is 0. The standard InChI is InChI=1S/C19H30FN3O3.HI/c1-3-21-19(23-11-16(24)13-25-12-15-8-9-15)22-10-14(2)26-18-7-5-4-6-17(18)20;/h4-7,14-16,24H,3,8-13H2,1-2H3,(H2,21,22,23);1H. The molecule has 1 aromatic rings. The van der Waals surface area contributed by atoms with E-state index >= 15 is 0 Å². The average molecular weight is 495 g/mol. The number of hydrogen-bond donors (Lipinski definition) is 3. The summed E-state index contributed by atoms with van der Waals surface area (Å²) in [5, 5.41) is 16.2. The average Bonchev–Trinajstić information content (AvgIpc) is 3.44. The summed E-state index contributed by atoms with van der Waals surface area (Å²) in [6.07, 6.45) is 1.59. The minimum atomic E-state index is -0.628. The van der Waals surface area contributed by atoms with Gasteiger partial charge in [0.05, 0.1) is 25.8 Å². The monoisotopic (exact) mass is 495 g/mol. The van der Waals surface area contributed by atoms with Crippen LogP contribution in [0.3, 0.4) is 0 Å². The van der Waals surface area contributed by atoms with E-state index < -0.39 is 6.10 Å². The highest BCUT2D eigenvalue weighted by atomic mass is 127. The third kappa shape index (κ3) is 10.1. The van der Waals surface area contributed by atoms with Crippen LogP contribution < -0.4 is 15.4 Å². The number of guanidine groups is 1. The first kappa shape index (κ1) is 23.9. The maximum atomic E-state index is 13.6. The molecule has 27 heavy (non-hydrogen) atoms. The summed E-state index contributed by atoms with van der Waals surface area (Å²) in [7, 11) is 0. The van der Waals surface area contributed by atoms with Gasteiger partial charge in [-0.25, -0.2) is 4.39 Å². The van der Waals surface area contributed by atoms with Gasteiger partial charge in [-0.1, -0.05) is 12.1 Å². The van der Waals surface area contributed by atoms with E-state index in [2.05, 4.69) is 15.6 Å². The Labute approximate surface area is 177 Å². The number of halogens is 2. The van der Waals surface area contributed by atoms with Gasteiger partial charge in [0, 0.05) is 13.2 Å². The predicted molar refractivity (Wildman–Crippen MR) is 115 cm³/mol. The number of nitrogens with zero attached hydrogens (tertiary/aromatic N) is 1. The molecule has 2 atom stereocenters. The van der Waals surface area contributed by atoms with E-state index in [1.54, 1.807) is 18.2 Å². The molecule has 0 spiro atoms. The lowest BCUT2D eigenvalue weighted by Gasteiger charge is -2.18. The number of rotatable bonds is 11. The molecular weight excluding hydrogens is 464 g/mol. The Morgan fingerprint density at radius 2 is 2.07 bits per heavy atom. The second-order valence-corrected chi connectivity index (χ2v) is 6.59. The fourth-order valence-corrected chi connectivity index (χ4v) is 2.29. The van der Waals surface area contributed by atoms with Gasteiger partial charge in [-0.05, 0) is 44.7 Å². The van der Waals surface area contributed by atoms with Crippen LogP contribution in [0.1, 0.15) is 26.7 Å². The van der Waals surface area contributed by atoms with E-state index in [1.165, 1.54) is 18.9 Å². The van der Waals surface area contributed by atoms with Crippen LogP contribution >= 0.6 is 24.0 Å². The van der Waals surface area contributed by atoms with Gasteiger partial charge < -0.3 is 25.2 Å². The smallest absolute Gasteiger partial charge is 0.191 e. The molecule has 0 heterocycles. The minimum Gasteiger partial charge on any atom is -0.486 e. The Kier molecular flexibility index (Phi) is 11.6. The third-order valence-electron chi connectivity index (χ3n) is 3.89. The quantitative estimate of drug-likeness (QED) is 0.250. The molecule has 1 aliphatic rings. The van der Waals surface area contributed by atoms with E-state index in [0.717, 1.165) is 6.61 Å². The van der Waals surface area contributed by atoms with Crippen molar-refractivity contribution in [3.63, 3.8) is 0 Å². The summed E-state index contributed by atoms with van der Waals surface area (Å²) in [6.45, 7) is 6.24. The molecular formula is C19H31FIN3O3. The van der Waals surface area contributed by atoms with Gasteiger partial charge in [-0.2, -0.15) is 0 Å². The lowest BCUT2D eigenvalue weighted by atomic mass is 10.3. The summed E-state index contributed by atoms with van der Waals surface area (Å²) in [4.78, 5) is 4.36. The van der Waals surface area contributed by atoms with Crippen molar-refractivity contribution >= 4 is 29.9 Å². The molecule has 0 aromatic heterocycles. The summed E-state index contributed by atoms with van der Waals surface area (Å²) in [5.74, 6) is 1.11. The molecule has 6 nitrogen and oxygen atoms in total. The van der Waals surface area contributed by atoms with Gasteiger partial charge in [0.2, 0.25) is 0 Å². The maximum Gasteiger partial charge on any atom is 0.191 e. The van der Waals surface area contributed by atoms with E-state index in [0.29, 0.717) is 31.6 Å². The molecule has 3 N–H and O–H groups in total. The summed E-state index contributed by atoms with van der Waals surface area (Å²) in [6, 6.07) is 6.33. The zero-order chi connectivity index (χ0) is 18.8. The molecule has 2 unspecified atom stereocenters. The Balaban J connectivity index is 0.00000364. The lowest BCUT2D eigenvalue weighted by molar-refractivity contribution is 0.0368. The van der Waals surface area contributed by atoms with Gasteiger partial charge in [0.1, 0.15) is 6.10 Å². The number of benzene rings is 1. The van der Waals surface area contributed by atoms with Crippen molar-refractivity contribution in [1.82, 2.24) is 10.6 Å². The first-order valence-corrected chi connectivity index (χ1v) is 9.27. The van der Waals surface area contributed by atoms with E-state index in [9.17, 15) is 9.50 Å². The van der Waals surface area contributed by atoms with Crippen molar-refractivity contribution in [2.75, 3.05) is 32.8 Å². The van der Waals surface area contributed by atoms with E-state index in [1.807, 2.05) is 13.8 Å². The highest BCUT2D eigenvalue weighted by Crippen LogP contribution is 2.28. The molecule has 8 heteroatoms. The van der Waals surface area contributed by atoms with Crippen molar-refractivity contribution in [3.8, 4) is 5.75 Å². The van der Waals surface area contributed by atoms with Crippen LogP contribution in [0.15, 0.2) is 29.3 Å². The number of aliphatic hydroxyl groups excluding tert-OH is 1. The fraction of sp³-hybridized carbons (Fsp3) is 0.632. The second-order valence-electron chi connectivity index (χ2n) is 6.59. The van der Waals surface area contributed by atoms with Gasteiger partial charge in [0.15, 0.2) is 17.5 Å². The van der Waals surface area contributed by atoms with Crippen LogP contribution in [0.2, 0.25) is 0 Å². The number of hydrogen-bond acceptors (Lipinski definition) is 4. The molecule has 0 aliphatic heterocycles. The molecule has 0 amide bonds. The molecule has 0 bridgehead atoms. The van der Waals surface area contributed by atoms with Gasteiger partial charge >= 0.3 is 0 Å². The van der Waals surface area contributed by atoms with Crippen LogP contribution in [0.25, 0.3) is 0 Å². The highest BCUT2D eigenvalue weighted by Gasteiger charge is 2.21. The van der Waals surface area contributed by atoms with Crippen LogP contribution in [0.5, 0.6) is 5.75 Å². The SMILES string of the molecule is CCNC(=NCC(O)COCC1CC1)NCC(C)Oc1ccccc1F.I. The Morgan fingerprint density at radius 3 is 2.74 bits per heavy atom. The van der Waals surface area contributed by atoms with Crippen molar-refractivity contribution < 1.29 is 19.0 Å². The molecule has 0 saturated heterocycles. The van der Waals surface area contributed by atoms with Gasteiger partial charge in [-0.15, -0.1) is 24.0 Å². The Morgan fingerprint density at radius 1 is 1.33 bits per heavy atom. The number of para-hydroxylation sites is 1. The van der Waals surface area contributed by atoms with Crippen molar-refractivity contribution in [2.24, 2.45) is 10.9 Å². The fourth-order valence-electron chi connectivity index (χ4n) is 2.29. The summed E-state index contributed by atoms with van der Waals surface area (Å²) >= 11 is 0. The van der Waals surface area contributed by atoms with E-state index in [-0.39, 0.29) is 48.2 Å². The minimum absolute atomic E-state index is 0. The number of ether oxygens (including phenoxy) is 2. The largest absolute Gasteiger partial charge is 0.486 e. The molecule has 1 aliphatic carbocycles. The zero-order valence-electron chi connectivity index (χ0n) is 16.0. The Bertz CT molecular complexity index is 573. The maximum absolute atomic E-state index is 13.6. The normalized spacial score (nSPS) is 16.2. The number of aliphatic imine (C=N–C) groups is 1. The first-order chi connectivity index (χ1) is 12.6. The van der Waals surface area contributed by atoms with Gasteiger partial charge in [0.25, 0.3) is 0 Å². The lowest BCUT2D eigenvalue weighted by Crippen LogP contribution is -2.42. The Hall–Kier alpha value is -1.13. The van der Waals surface area contributed by atoms with E-state index in [4.69, 9.17) is 9.47 Å². The third-order valence-corrected chi connectivity index (χ3v) is 3.89. The number of aliphatic hydroxyl groups is 1. The first-order valence-electron chi connectivity index (χ1n) is 9.27. The zero-order valence-corrected chi connectivity index (χ0v) is 18.3. The summed E-state index contributed by atoms with van der Waals surface area (Å²) < 4.78 is 24.7. The van der Waals surface area contributed by atoms with Crippen LogP contribution in [-0.2, 0) is 4.74 Å². The highest BCUT2D eigenvalue weighted by molar-refractivity contribution is 14.0. The van der Waals surface area contributed by atoms with Gasteiger partial charge in [-0.3, -0.25) is 4.99 Å². The van der Waals surface area contributed by atoms with Crippen LogP contribution in [-0.4, -0.2) is 56.1 Å². The number of nitrogens with one attached hydrogen (secondary N) is 2. The van der Waals surface area contributed by atoms with Crippen LogP contribution in [0, 0.1) is 11.7 Å². The van der Waals surface area contributed by atoms with Crippen molar-refractivity contribution in [3.05, 3.63) is 30.1 Å².